The second-order valence-electron chi connectivity index (χ2n) is 9.56. The van der Waals surface area contributed by atoms with E-state index >= 15 is 0 Å². The van der Waals surface area contributed by atoms with Gasteiger partial charge in [-0.05, 0) is 48.7 Å². The van der Waals surface area contributed by atoms with Crippen LogP contribution in [-0.2, 0) is 20.4 Å². The third-order valence-electron chi connectivity index (χ3n) is 6.36. The lowest BCUT2D eigenvalue weighted by molar-refractivity contribution is -0.137. The Balaban J connectivity index is 2.37. The molecule has 1 aliphatic carbocycles. The number of hydrogen-bond donors (Lipinski definition) is 0. The molecule has 0 saturated heterocycles. The van der Waals surface area contributed by atoms with Crippen LogP contribution in [0, 0.1) is 0 Å². The molecule has 0 aliphatic heterocycles. The van der Waals surface area contributed by atoms with Gasteiger partial charge in [-0.25, -0.2) is 4.79 Å². The highest BCUT2D eigenvalue weighted by atomic mass is 28.4. The van der Waals surface area contributed by atoms with Crippen LogP contribution in [0.4, 0.5) is 0 Å². The summed E-state index contributed by atoms with van der Waals surface area (Å²) in [4.78, 5) is 25.1. The molecule has 28 heavy (non-hydrogen) atoms. The molecular weight excluding hydrogens is 368 g/mol. The van der Waals surface area contributed by atoms with Gasteiger partial charge in [0, 0.05) is 12.8 Å². The van der Waals surface area contributed by atoms with Crippen LogP contribution in [0.5, 0.6) is 0 Å². The van der Waals surface area contributed by atoms with Crippen LogP contribution in [0.1, 0.15) is 75.2 Å². The van der Waals surface area contributed by atoms with E-state index < -0.39 is 13.9 Å². The summed E-state index contributed by atoms with van der Waals surface area (Å²) in [7, 11) is -0.748. The molecular formula is C23H36O4Si. The van der Waals surface area contributed by atoms with Gasteiger partial charge in [-0.15, -0.1) is 0 Å². The Morgan fingerprint density at radius 1 is 1.07 bits per heavy atom. The summed E-state index contributed by atoms with van der Waals surface area (Å²) in [6.45, 7) is 11.1. The summed E-state index contributed by atoms with van der Waals surface area (Å²) in [6, 6.07) is 7.40. The lowest BCUT2D eigenvalue weighted by atomic mass is 9.81. The van der Waals surface area contributed by atoms with Crippen molar-refractivity contribution >= 4 is 20.1 Å². The fraction of sp³-hybridized carbons (Fsp3) is 0.652. The van der Waals surface area contributed by atoms with E-state index in [1.54, 1.807) is 12.1 Å². The fourth-order valence-electron chi connectivity index (χ4n) is 3.60. The lowest BCUT2D eigenvalue weighted by Crippen LogP contribution is -2.55. The predicted octanol–water partition coefficient (Wildman–Crippen LogP) is 5.70. The fourth-order valence-corrected chi connectivity index (χ4v) is 5.17. The Labute approximate surface area is 171 Å². The van der Waals surface area contributed by atoms with Crippen molar-refractivity contribution in [1.29, 1.82) is 0 Å². The van der Waals surface area contributed by atoms with E-state index in [1.807, 2.05) is 12.1 Å². The van der Waals surface area contributed by atoms with Gasteiger partial charge in [0.25, 0.3) is 0 Å². The van der Waals surface area contributed by atoms with Gasteiger partial charge >= 0.3 is 5.97 Å². The van der Waals surface area contributed by atoms with Crippen LogP contribution >= 0.6 is 0 Å². The van der Waals surface area contributed by atoms with E-state index in [1.165, 1.54) is 7.11 Å². The molecule has 0 aromatic heterocycles. The molecule has 156 valence electrons. The first-order chi connectivity index (χ1) is 13.0. The van der Waals surface area contributed by atoms with Crippen molar-refractivity contribution < 1.29 is 18.8 Å². The summed E-state index contributed by atoms with van der Waals surface area (Å²) >= 11 is 0. The molecule has 1 aromatic rings. The van der Waals surface area contributed by atoms with Crippen molar-refractivity contribution in [3.05, 3.63) is 35.4 Å². The van der Waals surface area contributed by atoms with Crippen molar-refractivity contribution in [3.8, 4) is 0 Å². The first-order valence-corrected chi connectivity index (χ1v) is 13.3. The summed E-state index contributed by atoms with van der Waals surface area (Å²) in [5, 5.41) is 0.0391. The average Bonchev–Trinajstić information content (AvgIpc) is 2.61. The van der Waals surface area contributed by atoms with Crippen molar-refractivity contribution in [3.63, 3.8) is 0 Å². The number of esters is 1. The van der Waals surface area contributed by atoms with Crippen LogP contribution in [0.3, 0.4) is 0 Å². The molecule has 1 unspecified atom stereocenters. The molecule has 0 amide bonds. The first kappa shape index (κ1) is 22.8. The second-order valence-corrected chi connectivity index (χ2v) is 14.3. The molecule has 1 saturated carbocycles. The Kier molecular flexibility index (Phi) is 7.26. The van der Waals surface area contributed by atoms with Crippen LogP contribution in [0.15, 0.2) is 24.3 Å². The molecule has 1 atom stereocenters. The topological polar surface area (TPSA) is 52.6 Å². The van der Waals surface area contributed by atoms with E-state index in [0.29, 0.717) is 18.4 Å². The molecule has 0 bridgehead atoms. The van der Waals surface area contributed by atoms with Gasteiger partial charge in [0.1, 0.15) is 5.60 Å². The molecule has 1 fully saturated rings. The molecule has 5 heteroatoms. The summed E-state index contributed by atoms with van der Waals surface area (Å²) in [5.74, 6) is -0.102. The SMILES string of the molecule is COC(=O)c1ccc(CC2(O[Si](C)(C)C(C)(C)C)CCCCCCC2=O)cc1. The van der Waals surface area contributed by atoms with Crippen LogP contribution in [0.2, 0.25) is 18.1 Å². The van der Waals surface area contributed by atoms with Gasteiger partial charge in [-0.1, -0.05) is 52.2 Å². The standard InChI is InChI=1S/C23H36O4Si/c1-22(2,3)28(5,6)27-23(16-10-8-7-9-11-20(23)24)17-18-12-14-19(15-13-18)21(25)26-4/h12-15H,7-11,16-17H2,1-6H3. The zero-order valence-corrected chi connectivity index (χ0v) is 19.4. The number of Topliss-reactive ketones (excluding diaryl/α,β-unsaturated/α-hetero) is 1. The third kappa shape index (κ3) is 5.32. The lowest BCUT2D eigenvalue weighted by Gasteiger charge is -2.46. The minimum Gasteiger partial charge on any atom is -0.465 e. The van der Waals surface area contributed by atoms with Crippen LogP contribution in [-0.4, -0.2) is 32.8 Å². The van der Waals surface area contributed by atoms with Crippen molar-refractivity contribution in [2.24, 2.45) is 0 Å². The van der Waals surface area contributed by atoms with Crippen molar-refractivity contribution in [2.45, 2.75) is 89.5 Å². The molecule has 0 spiro atoms. The maximum atomic E-state index is 13.3. The monoisotopic (exact) mass is 404 g/mol. The molecule has 2 rings (SSSR count). The van der Waals surface area contributed by atoms with Crippen LogP contribution in [0.25, 0.3) is 0 Å². The van der Waals surface area contributed by atoms with Gasteiger partial charge in [0.2, 0.25) is 0 Å². The van der Waals surface area contributed by atoms with Crippen molar-refractivity contribution in [2.75, 3.05) is 7.11 Å². The average molecular weight is 405 g/mol. The maximum Gasteiger partial charge on any atom is 0.337 e. The number of ether oxygens (including phenoxy) is 1. The second kappa shape index (κ2) is 8.91. The highest BCUT2D eigenvalue weighted by Crippen LogP contribution is 2.42. The number of rotatable bonds is 5. The zero-order valence-electron chi connectivity index (χ0n) is 18.4. The van der Waals surface area contributed by atoms with Crippen molar-refractivity contribution in [1.82, 2.24) is 0 Å². The minimum atomic E-state index is -2.13. The summed E-state index contributed by atoms with van der Waals surface area (Å²) in [6.07, 6.45) is 6.17. The normalized spacial score (nSPS) is 21.7. The Morgan fingerprint density at radius 2 is 1.68 bits per heavy atom. The number of hydrogen-bond acceptors (Lipinski definition) is 4. The molecule has 0 N–H and O–H groups in total. The van der Waals surface area contributed by atoms with Gasteiger partial charge < -0.3 is 9.16 Å². The largest absolute Gasteiger partial charge is 0.465 e. The highest BCUT2D eigenvalue weighted by Gasteiger charge is 2.48. The van der Waals surface area contributed by atoms with E-state index in [2.05, 4.69) is 33.9 Å². The van der Waals surface area contributed by atoms with E-state index in [9.17, 15) is 9.59 Å². The maximum absolute atomic E-state index is 13.3. The molecule has 4 nitrogen and oxygen atoms in total. The number of carbonyl (C=O) groups excluding carboxylic acids is 2. The number of benzene rings is 1. The molecule has 0 radical (unpaired) electrons. The van der Waals surface area contributed by atoms with E-state index in [0.717, 1.165) is 37.7 Å². The molecule has 1 aromatic carbocycles. The molecule has 0 heterocycles. The minimum absolute atomic E-state index is 0.0391. The van der Waals surface area contributed by atoms with Gasteiger partial charge in [-0.3, -0.25) is 4.79 Å². The molecule has 1 aliphatic rings. The first-order valence-electron chi connectivity index (χ1n) is 10.4. The summed E-state index contributed by atoms with van der Waals surface area (Å²) in [5.41, 5.74) is 0.797. The van der Waals surface area contributed by atoms with Gasteiger partial charge in [0.15, 0.2) is 14.1 Å². The zero-order chi connectivity index (χ0) is 21.0. The van der Waals surface area contributed by atoms with Gasteiger partial charge in [0.05, 0.1) is 12.7 Å². The highest BCUT2D eigenvalue weighted by molar-refractivity contribution is 6.74. The Hall–Kier alpha value is -1.46. The Bertz CT molecular complexity index is 688. The smallest absolute Gasteiger partial charge is 0.337 e. The quantitative estimate of drug-likeness (QED) is 0.466. The van der Waals surface area contributed by atoms with Crippen LogP contribution < -0.4 is 0 Å². The predicted molar refractivity (Wildman–Crippen MR) is 115 cm³/mol. The number of carbonyl (C=O) groups is 2. The van der Waals surface area contributed by atoms with Gasteiger partial charge in [-0.2, -0.15) is 0 Å². The third-order valence-corrected chi connectivity index (χ3v) is 10.9. The number of methoxy groups -OCH3 is 1. The van der Waals surface area contributed by atoms with E-state index in [-0.39, 0.29) is 16.8 Å². The Morgan fingerprint density at radius 3 is 2.25 bits per heavy atom. The summed E-state index contributed by atoms with van der Waals surface area (Å²) < 4.78 is 11.7. The number of ketones is 1. The van der Waals surface area contributed by atoms with E-state index in [4.69, 9.17) is 9.16 Å².